The number of hydrogen-bond donors (Lipinski definition) is 1. The van der Waals surface area contributed by atoms with Gasteiger partial charge in [-0.25, -0.2) is 9.59 Å². The Morgan fingerprint density at radius 3 is 2.72 bits per heavy atom. The quantitative estimate of drug-likeness (QED) is 0.821. The summed E-state index contributed by atoms with van der Waals surface area (Å²) in [6, 6.07) is 1.66. The minimum absolute atomic E-state index is 0.250. The van der Waals surface area contributed by atoms with Crippen LogP contribution < -0.4 is 0 Å². The Kier molecular flexibility index (Phi) is 4.54. The van der Waals surface area contributed by atoms with Gasteiger partial charge in [0.05, 0.1) is 12.5 Å². The van der Waals surface area contributed by atoms with Gasteiger partial charge in [0.15, 0.2) is 0 Å². The number of carboxylic acid groups (broad SMARTS) is 1. The van der Waals surface area contributed by atoms with Gasteiger partial charge < -0.3 is 14.9 Å². The highest BCUT2D eigenvalue weighted by atomic mass is 16.4. The number of aliphatic carboxylic acids is 1. The van der Waals surface area contributed by atoms with Crippen LogP contribution >= 0.6 is 0 Å². The second-order valence-electron chi connectivity index (χ2n) is 4.80. The van der Waals surface area contributed by atoms with Crippen LogP contribution in [0.15, 0.2) is 0 Å². The number of likely N-dealkylation sites (tertiary alicyclic amines) is 1. The first-order chi connectivity index (χ1) is 8.43. The van der Waals surface area contributed by atoms with Crippen molar-refractivity contribution in [2.24, 2.45) is 0 Å². The summed E-state index contributed by atoms with van der Waals surface area (Å²) in [5.41, 5.74) is -1.13. The molecule has 0 radical (unpaired) electrons. The van der Waals surface area contributed by atoms with Crippen LogP contribution in [-0.4, -0.2) is 52.6 Å². The lowest BCUT2D eigenvalue weighted by Gasteiger charge is -2.43. The Hall–Kier alpha value is -1.77. The first-order valence-corrected chi connectivity index (χ1v) is 6.06. The summed E-state index contributed by atoms with van der Waals surface area (Å²) in [4.78, 5) is 26.4. The fraction of sp³-hybridized carbons (Fsp3) is 0.750. The molecule has 1 unspecified atom stereocenters. The van der Waals surface area contributed by atoms with Gasteiger partial charge in [-0.15, -0.1) is 0 Å². The van der Waals surface area contributed by atoms with Crippen molar-refractivity contribution >= 4 is 12.0 Å². The van der Waals surface area contributed by atoms with Crippen LogP contribution in [0.3, 0.4) is 0 Å². The zero-order valence-corrected chi connectivity index (χ0v) is 10.8. The topological polar surface area (TPSA) is 84.6 Å². The fourth-order valence-corrected chi connectivity index (χ4v) is 2.17. The minimum Gasteiger partial charge on any atom is -0.480 e. The van der Waals surface area contributed by atoms with E-state index in [0.717, 1.165) is 12.8 Å². The van der Waals surface area contributed by atoms with Crippen LogP contribution in [0.4, 0.5) is 4.79 Å². The van der Waals surface area contributed by atoms with Crippen LogP contribution in [0, 0.1) is 11.3 Å². The second-order valence-corrected chi connectivity index (χ2v) is 4.80. The van der Waals surface area contributed by atoms with E-state index in [1.807, 2.05) is 6.07 Å². The van der Waals surface area contributed by atoms with Crippen molar-refractivity contribution in [1.29, 1.82) is 5.26 Å². The summed E-state index contributed by atoms with van der Waals surface area (Å²) in [6.07, 6.45) is 2.36. The maximum Gasteiger partial charge on any atom is 0.329 e. The van der Waals surface area contributed by atoms with Crippen molar-refractivity contribution in [3.05, 3.63) is 0 Å². The summed E-state index contributed by atoms with van der Waals surface area (Å²) in [5.74, 6) is -0.968. The Labute approximate surface area is 107 Å². The van der Waals surface area contributed by atoms with Gasteiger partial charge >= 0.3 is 12.0 Å². The summed E-state index contributed by atoms with van der Waals surface area (Å²) in [7, 11) is 1.59. The summed E-state index contributed by atoms with van der Waals surface area (Å²) in [6.45, 7) is 2.37. The lowest BCUT2D eigenvalue weighted by molar-refractivity contribution is -0.150. The van der Waals surface area contributed by atoms with Gasteiger partial charge in [0.2, 0.25) is 0 Å². The fourth-order valence-electron chi connectivity index (χ4n) is 2.17. The Balaban J connectivity index is 2.81. The second kappa shape index (κ2) is 5.71. The number of carbonyl (C=O) groups is 2. The van der Waals surface area contributed by atoms with Crippen LogP contribution in [0.25, 0.3) is 0 Å². The van der Waals surface area contributed by atoms with Gasteiger partial charge in [-0.05, 0) is 26.2 Å². The molecule has 0 aromatic carbocycles. The number of amides is 2. The van der Waals surface area contributed by atoms with E-state index < -0.39 is 11.5 Å². The maximum atomic E-state index is 12.2. The van der Waals surface area contributed by atoms with Gasteiger partial charge in [0.25, 0.3) is 0 Å². The lowest BCUT2D eigenvalue weighted by Crippen LogP contribution is -2.60. The molecule has 1 aliphatic heterocycles. The number of piperidine rings is 1. The van der Waals surface area contributed by atoms with Gasteiger partial charge in [-0.1, -0.05) is 0 Å². The molecule has 1 atom stereocenters. The molecule has 0 spiro atoms. The van der Waals surface area contributed by atoms with Gasteiger partial charge in [-0.3, -0.25) is 0 Å². The highest BCUT2D eigenvalue weighted by Gasteiger charge is 2.44. The number of nitriles is 1. The SMILES string of the molecule is CN(CCC#N)C(=O)N1CCCCC1(C)C(=O)O. The Morgan fingerprint density at radius 1 is 1.50 bits per heavy atom. The van der Waals surface area contributed by atoms with Crippen molar-refractivity contribution in [1.82, 2.24) is 9.80 Å². The minimum atomic E-state index is -1.13. The molecule has 18 heavy (non-hydrogen) atoms. The molecule has 1 heterocycles. The molecule has 6 heteroatoms. The number of urea groups is 1. The van der Waals surface area contributed by atoms with Crippen LogP contribution in [-0.2, 0) is 4.79 Å². The normalized spacial score (nSPS) is 23.3. The third kappa shape index (κ3) is 2.73. The molecule has 1 aliphatic rings. The van der Waals surface area contributed by atoms with E-state index in [0.29, 0.717) is 19.5 Å². The zero-order valence-electron chi connectivity index (χ0n) is 10.8. The molecule has 1 saturated heterocycles. The monoisotopic (exact) mass is 253 g/mol. The smallest absolute Gasteiger partial charge is 0.329 e. The van der Waals surface area contributed by atoms with E-state index in [1.54, 1.807) is 14.0 Å². The predicted octanol–water partition coefficient (Wildman–Crippen LogP) is 1.28. The standard InChI is InChI=1S/C12H19N3O3/c1-12(10(16)17)6-3-4-9-15(12)11(18)14(2)8-5-7-13/h3-6,8-9H2,1-2H3,(H,16,17). The molecule has 1 fully saturated rings. The molecule has 0 aromatic heterocycles. The molecule has 2 amide bonds. The number of nitrogens with zero attached hydrogens (tertiary/aromatic N) is 3. The van der Waals surface area contributed by atoms with Crippen LogP contribution in [0.5, 0.6) is 0 Å². The average molecular weight is 253 g/mol. The third-order valence-corrected chi connectivity index (χ3v) is 3.47. The Bertz CT molecular complexity index is 377. The van der Waals surface area contributed by atoms with Crippen molar-refractivity contribution < 1.29 is 14.7 Å². The molecule has 0 saturated carbocycles. The first-order valence-electron chi connectivity index (χ1n) is 6.06. The molecule has 6 nitrogen and oxygen atoms in total. The van der Waals surface area contributed by atoms with Gasteiger partial charge in [0, 0.05) is 20.1 Å². The van der Waals surface area contributed by atoms with E-state index in [1.165, 1.54) is 9.80 Å². The largest absolute Gasteiger partial charge is 0.480 e. The van der Waals surface area contributed by atoms with E-state index >= 15 is 0 Å². The number of rotatable bonds is 3. The first kappa shape index (κ1) is 14.3. The van der Waals surface area contributed by atoms with Crippen molar-refractivity contribution in [3.63, 3.8) is 0 Å². The molecule has 0 aliphatic carbocycles. The average Bonchev–Trinajstić information content (AvgIpc) is 2.35. The molecule has 1 N–H and O–H groups in total. The number of carboxylic acids is 1. The molecule has 1 rings (SSSR count). The number of carbonyl (C=O) groups excluding carboxylic acids is 1. The summed E-state index contributed by atoms with van der Waals surface area (Å²) < 4.78 is 0. The molecular weight excluding hydrogens is 234 g/mol. The summed E-state index contributed by atoms with van der Waals surface area (Å²) in [5, 5.41) is 17.8. The van der Waals surface area contributed by atoms with Gasteiger partial charge in [-0.2, -0.15) is 5.26 Å². The summed E-state index contributed by atoms with van der Waals surface area (Å²) >= 11 is 0. The molecular formula is C12H19N3O3. The maximum absolute atomic E-state index is 12.2. The van der Waals surface area contributed by atoms with Crippen molar-refractivity contribution in [3.8, 4) is 6.07 Å². The van der Waals surface area contributed by atoms with Crippen molar-refractivity contribution in [2.75, 3.05) is 20.1 Å². The third-order valence-electron chi connectivity index (χ3n) is 3.47. The van der Waals surface area contributed by atoms with E-state index in [2.05, 4.69) is 0 Å². The lowest BCUT2D eigenvalue weighted by atomic mass is 9.89. The van der Waals surface area contributed by atoms with E-state index in [9.17, 15) is 14.7 Å². The van der Waals surface area contributed by atoms with Crippen LogP contribution in [0.2, 0.25) is 0 Å². The highest BCUT2D eigenvalue weighted by Crippen LogP contribution is 2.29. The van der Waals surface area contributed by atoms with Crippen molar-refractivity contribution in [2.45, 2.75) is 38.1 Å². The van der Waals surface area contributed by atoms with E-state index in [-0.39, 0.29) is 12.5 Å². The highest BCUT2D eigenvalue weighted by molar-refractivity contribution is 5.86. The van der Waals surface area contributed by atoms with Gasteiger partial charge in [0.1, 0.15) is 5.54 Å². The molecule has 0 bridgehead atoms. The van der Waals surface area contributed by atoms with Crippen LogP contribution in [0.1, 0.15) is 32.6 Å². The molecule has 100 valence electrons. The predicted molar refractivity (Wildman–Crippen MR) is 64.9 cm³/mol. The zero-order chi connectivity index (χ0) is 13.8. The molecule has 0 aromatic rings. The van der Waals surface area contributed by atoms with E-state index in [4.69, 9.17) is 5.26 Å². The Morgan fingerprint density at radius 2 is 2.17 bits per heavy atom. The number of hydrogen-bond acceptors (Lipinski definition) is 3.